The molecule has 4 aromatic rings. The fraction of sp³-hybridized carbons (Fsp3) is 0.391. The number of hydrogen-bond donors (Lipinski definition) is 8. The highest BCUT2D eigenvalue weighted by atomic mass is 16.5. The molecule has 1 aliphatic heterocycles. The zero-order chi connectivity index (χ0) is 47.0. The number of nitrogens with two attached hydrogens (primary N) is 2. The number of phenolic OH excluding ortho intramolecular Hbond substituents is 2. The lowest BCUT2D eigenvalue weighted by Gasteiger charge is -2.32. The van der Waals surface area contributed by atoms with Gasteiger partial charge in [0.05, 0.1) is 23.0 Å². The number of aromatic hydroxyl groups is 2. The summed E-state index contributed by atoms with van der Waals surface area (Å²) in [6.07, 6.45) is -0.202. The summed E-state index contributed by atoms with van der Waals surface area (Å²) in [6.45, 7) is 10.8. The lowest BCUT2D eigenvalue weighted by Crippen LogP contribution is -2.56. The smallest absolute Gasteiger partial charge is 0.255 e. The highest BCUT2D eigenvalue weighted by molar-refractivity contribution is 6.00. The van der Waals surface area contributed by atoms with Gasteiger partial charge in [0.1, 0.15) is 43.1 Å². The van der Waals surface area contributed by atoms with Gasteiger partial charge in [0.2, 0.25) is 23.6 Å². The number of amides is 5. The fourth-order valence-electron chi connectivity index (χ4n) is 7.43. The number of nitrogens with one attached hydrogen (secondary N) is 4. The molecular weight excluding hydrogens is 821 g/mol. The first kappa shape index (κ1) is 47.9. The van der Waals surface area contributed by atoms with Gasteiger partial charge in [-0.25, -0.2) is 9.97 Å². The van der Waals surface area contributed by atoms with Crippen LogP contribution in [0.3, 0.4) is 0 Å². The first-order valence-corrected chi connectivity index (χ1v) is 20.8. The summed E-state index contributed by atoms with van der Waals surface area (Å²) in [6, 6.07) is 11.4. The van der Waals surface area contributed by atoms with E-state index in [2.05, 4.69) is 52.0 Å². The number of phenols is 2. The van der Waals surface area contributed by atoms with E-state index < -0.39 is 59.5 Å². The minimum Gasteiger partial charge on any atom is -0.507 e. The van der Waals surface area contributed by atoms with Gasteiger partial charge in [-0.05, 0) is 80.1 Å². The van der Waals surface area contributed by atoms with Crippen molar-refractivity contribution in [2.24, 2.45) is 11.5 Å². The van der Waals surface area contributed by atoms with Crippen molar-refractivity contribution in [2.75, 3.05) is 33.3 Å². The van der Waals surface area contributed by atoms with E-state index in [1.165, 1.54) is 44.3 Å². The summed E-state index contributed by atoms with van der Waals surface area (Å²) in [4.78, 5) is 80.3. The van der Waals surface area contributed by atoms with E-state index >= 15 is 0 Å². The van der Waals surface area contributed by atoms with Gasteiger partial charge in [-0.1, -0.05) is 51.1 Å². The van der Waals surface area contributed by atoms with Gasteiger partial charge in [0, 0.05) is 36.7 Å². The number of carbonyl (C=O) groups is 5. The molecule has 18 nitrogen and oxygen atoms in total. The molecule has 338 valence electrons. The SMILES string of the molecule is Cc1nc(-c2ccc(C(C)(C)C)cc2)nc(C)c1C(=O)N[C@@H](CCN)C(=O)N(C)[C@@H]1C(=O)N[C@@H](C)C(=O)N[C@H](C(=O)NCC#N)Cc2cc(OCCN)c(O)c(c2)-c2cc1ccc2O. The minimum atomic E-state index is -1.51. The van der Waals surface area contributed by atoms with E-state index in [0.717, 1.165) is 16.0 Å². The number of fused-ring (bicyclic) bond motifs is 5. The molecule has 0 fully saturated rings. The molecule has 0 saturated heterocycles. The molecule has 1 aromatic heterocycles. The van der Waals surface area contributed by atoms with E-state index in [0.29, 0.717) is 22.8 Å². The number of nitrogens with zero attached hydrogens (tertiary/aromatic N) is 4. The Hall–Kier alpha value is -7.10. The highest BCUT2D eigenvalue weighted by Gasteiger charge is 2.36. The third-order valence-corrected chi connectivity index (χ3v) is 10.9. The summed E-state index contributed by atoms with van der Waals surface area (Å²) in [7, 11) is 1.34. The standard InChI is InChI=1S/C46H56N10O8/c1-24-37(25(2)52-40(51-24)28-8-11-30(12-9-28)46(4,5)6)43(61)54-33(14-15-47)45(63)56(7)38-29-10-13-35(57)31(23-29)32-20-27(22-36(39(32)58)64-19-17-49)21-34(42(60)50-18-16-48)55-41(59)26(3)53-44(38)62/h8-13,20,22-23,26,33-34,38,57-58H,14-15,17-19,21,47,49H2,1-7H3,(H,50,60)(H,53,62)(H,54,61)(H,55,59)/t26-,33-,34-,38-/m0/s1. The molecule has 4 atom stereocenters. The molecule has 0 spiro atoms. The number of carbonyl (C=O) groups excluding carboxylic acids is 5. The van der Waals surface area contributed by atoms with E-state index in [1.807, 2.05) is 30.3 Å². The van der Waals surface area contributed by atoms with Gasteiger partial charge in [-0.2, -0.15) is 5.26 Å². The van der Waals surface area contributed by atoms with E-state index in [4.69, 9.17) is 21.5 Å². The van der Waals surface area contributed by atoms with Crippen molar-refractivity contribution in [3.8, 4) is 45.8 Å². The normalized spacial score (nSPS) is 16.8. The third-order valence-electron chi connectivity index (χ3n) is 10.9. The van der Waals surface area contributed by atoms with Crippen molar-refractivity contribution in [1.29, 1.82) is 5.26 Å². The Bertz CT molecular complexity index is 2440. The average Bonchev–Trinajstić information content (AvgIpc) is 3.24. The first-order chi connectivity index (χ1) is 30.3. The topological polar surface area (TPSA) is 288 Å². The zero-order valence-corrected chi connectivity index (χ0v) is 37.0. The van der Waals surface area contributed by atoms with Crippen LogP contribution in [0.4, 0.5) is 0 Å². The molecule has 1 aliphatic rings. The second-order valence-corrected chi connectivity index (χ2v) is 16.7. The number of likely N-dealkylation sites (N-methyl/N-ethyl adjacent to an activating group) is 1. The summed E-state index contributed by atoms with van der Waals surface area (Å²) in [5, 5.41) is 42.3. The number of benzene rings is 3. The van der Waals surface area contributed by atoms with Crippen molar-refractivity contribution in [3.63, 3.8) is 0 Å². The van der Waals surface area contributed by atoms with Gasteiger partial charge in [0.15, 0.2) is 17.3 Å². The predicted octanol–water partition coefficient (Wildman–Crippen LogP) is 2.31. The molecule has 4 bridgehead atoms. The van der Waals surface area contributed by atoms with E-state index in [-0.39, 0.29) is 78.3 Å². The van der Waals surface area contributed by atoms with Crippen LogP contribution in [0.25, 0.3) is 22.5 Å². The van der Waals surface area contributed by atoms with Crippen molar-refractivity contribution in [2.45, 2.75) is 84.0 Å². The molecule has 0 saturated carbocycles. The van der Waals surface area contributed by atoms with Crippen molar-refractivity contribution < 1.29 is 38.9 Å². The molecule has 0 unspecified atom stereocenters. The Labute approximate surface area is 371 Å². The van der Waals surface area contributed by atoms with Crippen LogP contribution in [0.1, 0.15) is 78.6 Å². The molecule has 64 heavy (non-hydrogen) atoms. The largest absolute Gasteiger partial charge is 0.507 e. The first-order valence-electron chi connectivity index (χ1n) is 20.8. The van der Waals surface area contributed by atoms with Crippen LogP contribution in [-0.2, 0) is 31.0 Å². The minimum absolute atomic E-state index is 0.0117. The maximum absolute atomic E-state index is 14.6. The van der Waals surface area contributed by atoms with Gasteiger partial charge in [-0.3, -0.25) is 24.0 Å². The van der Waals surface area contributed by atoms with Gasteiger partial charge >= 0.3 is 0 Å². The lowest BCUT2D eigenvalue weighted by molar-refractivity contribution is -0.141. The third kappa shape index (κ3) is 10.9. The molecule has 5 amide bonds. The van der Waals surface area contributed by atoms with Crippen LogP contribution in [0, 0.1) is 25.2 Å². The van der Waals surface area contributed by atoms with Crippen molar-refractivity contribution in [1.82, 2.24) is 36.1 Å². The van der Waals surface area contributed by atoms with Crippen molar-refractivity contribution in [3.05, 3.63) is 88.2 Å². The number of hydrogen-bond acceptors (Lipinski definition) is 13. The zero-order valence-electron chi connectivity index (χ0n) is 37.0. The summed E-state index contributed by atoms with van der Waals surface area (Å²) < 4.78 is 5.74. The summed E-state index contributed by atoms with van der Waals surface area (Å²) >= 11 is 0. The lowest BCUT2D eigenvalue weighted by atomic mass is 9.86. The van der Waals surface area contributed by atoms with Crippen LogP contribution in [0.15, 0.2) is 54.6 Å². The molecule has 0 aliphatic carbocycles. The predicted molar refractivity (Wildman–Crippen MR) is 238 cm³/mol. The molecule has 3 aromatic carbocycles. The number of rotatable bonds is 12. The Kier molecular flexibility index (Phi) is 15.3. The maximum atomic E-state index is 14.6. The summed E-state index contributed by atoms with van der Waals surface area (Å²) in [5.74, 6) is -4.04. The second-order valence-electron chi connectivity index (χ2n) is 16.7. The molecule has 10 N–H and O–H groups in total. The van der Waals surface area contributed by atoms with Crippen LogP contribution in [0.2, 0.25) is 0 Å². The van der Waals surface area contributed by atoms with Crippen LogP contribution < -0.4 is 37.5 Å². The van der Waals surface area contributed by atoms with Gasteiger partial charge in [-0.15, -0.1) is 0 Å². The number of ether oxygens (including phenoxy) is 1. The monoisotopic (exact) mass is 876 g/mol. The Morgan fingerprint density at radius 3 is 2.25 bits per heavy atom. The quantitative estimate of drug-likeness (QED) is 0.0950. The highest BCUT2D eigenvalue weighted by Crippen LogP contribution is 2.43. The van der Waals surface area contributed by atoms with Crippen molar-refractivity contribution >= 4 is 29.5 Å². The van der Waals surface area contributed by atoms with E-state index in [9.17, 15) is 34.2 Å². The van der Waals surface area contributed by atoms with E-state index in [1.54, 1.807) is 13.8 Å². The second kappa shape index (κ2) is 20.4. The van der Waals surface area contributed by atoms with Crippen LogP contribution in [0.5, 0.6) is 17.2 Å². The Morgan fingerprint density at radius 1 is 0.969 bits per heavy atom. The molecule has 0 radical (unpaired) electrons. The fourth-order valence-corrected chi connectivity index (χ4v) is 7.43. The molecule has 5 rings (SSSR count). The van der Waals surface area contributed by atoms with Crippen LogP contribution in [-0.4, -0.2) is 106 Å². The number of aromatic nitrogens is 2. The maximum Gasteiger partial charge on any atom is 0.255 e. The summed E-state index contributed by atoms with van der Waals surface area (Å²) in [5.41, 5.74) is 15.0. The number of nitriles is 1. The van der Waals surface area contributed by atoms with Gasteiger partial charge in [0.25, 0.3) is 5.91 Å². The molecular formula is C46H56N10O8. The average molecular weight is 877 g/mol. The number of aryl methyl sites for hydroxylation is 2. The Balaban J connectivity index is 1.54. The Morgan fingerprint density at radius 2 is 1.64 bits per heavy atom. The molecule has 2 heterocycles. The molecule has 18 heteroatoms. The van der Waals surface area contributed by atoms with Crippen LogP contribution >= 0.6 is 0 Å². The van der Waals surface area contributed by atoms with Gasteiger partial charge < -0.3 is 52.6 Å².